The van der Waals surface area contributed by atoms with Gasteiger partial charge in [0.15, 0.2) is 0 Å². The average molecular weight is 216 g/mol. The molecule has 1 fully saturated rings. The highest BCUT2D eigenvalue weighted by molar-refractivity contribution is 6.09. The van der Waals surface area contributed by atoms with E-state index in [9.17, 15) is 0 Å². The van der Waals surface area contributed by atoms with Crippen LogP contribution in [-0.4, -0.2) is 18.3 Å². The standard InChI is InChI=1S/C14H20N2/c1-3-11-8-12(5-6-13(11)15)14-7-4-10(2)9-16-14/h3,5-6,8,10,14-16H,4,7,9H2,1-2H3/b11-3-,15-13?/t10-,14+/m0/s1. The van der Waals surface area contributed by atoms with Crippen LogP contribution in [0, 0.1) is 11.3 Å². The molecule has 2 atom stereocenters. The van der Waals surface area contributed by atoms with Crippen molar-refractivity contribution in [2.24, 2.45) is 5.92 Å². The Morgan fingerprint density at radius 2 is 2.19 bits per heavy atom. The number of hydrogen-bond acceptors (Lipinski definition) is 2. The van der Waals surface area contributed by atoms with E-state index in [1.807, 2.05) is 19.1 Å². The van der Waals surface area contributed by atoms with Crippen LogP contribution in [0.5, 0.6) is 0 Å². The van der Waals surface area contributed by atoms with E-state index >= 15 is 0 Å². The topological polar surface area (TPSA) is 35.9 Å². The second kappa shape index (κ2) is 4.79. The fourth-order valence-corrected chi connectivity index (χ4v) is 2.32. The first-order chi connectivity index (χ1) is 7.70. The molecule has 1 heterocycles. The molecular formula is C14H20N2. The molecule has 0 radical (unpaired) electrons. The molecule has 0 amide bonds. The van der Waals surface area contributed by atoms with Gasteiger partial charge < -0.3 is 10.7 Å². The first-order valence-electron chi connectivity index (χ1n) is 6.09. The lowest BCUT2D eigenvalue weighted by Crippen LogP contribution is -2.39. The molecule has 2 aliphatic rings. The summed E-state index contributed by atoms with van der Waals surface area (Å²) in [5.41, 5.74) is 2.99. The summed E-state index contributed by atoms with van der Waals surface area (Å²) in [6.45, 7) is 5.40. The van der Waals surface area contributed by atoms with Crippen LogP contribution in [0.4, 0.5) is 0 Å². The summed E-state index contributed by atoms with van der Waals surface area (Å²) in [6, 6.07) is 0.482. The summed E-state index contributed by atoms with van der Waals surface area (Å²) in [6.07, 6.45) is 10.7. The Kier molecular flexibility index (Phi) is 3.39. The highest BCUT2D eigenvalue weighted by Gasteiger charge is 2.21. The molecule has 0 aromatic rings. The molecule has 2 rings (SSSR count). The molecule has 16 heavy (non-hydrogen) atoms. The fraction of sp³-hybridized carbons (Fsp3) is 0.500. The Morgan fingerprint density at radius 3 is 2.81 bits per heavy atom. The Bertz CT molecular complexity index is 366. The smallest absolute Gasteiger partial charge is 0.0609 e. The van der Waals surface area contributed by atoms with Gasteiger partial charge in [0.1, 0.15) is 0 Å². The van der Waals surface area contributed by atoms with Crippen LogP contribution in [0.2, 0.25) is 0 Å². The van der Waals surface area contributed by atoms with Gasteiger partial charge >= 0.3 is 0 Å². The summed E-state index contributed by atoms with van der Waals surface area (Å²) in [5.74, 6) is 0.795. The molecule has 2 heteroatoms. The molecule has 2 nitrogen and oxygen atoms in total. The molecule has 2 N–H and O–H groups in total. The fourth-order valence-electron chi connectivity index (χ4n) is 2.32. The van der Waals surface area contributed by atoms with Crippen molar-refractivity contribution in [2.75, 3.05) is 6.54 Å². The lowest BCUT2D eigenvalue weighted by atomic mass is 9.88. The lowest BCUT2D eigenvalue weighted by Gasteiger charge is -2.29. The summed E-state index contributed by atoms with van der Waals surface area (Å²) in [7, 11) is 0. The third-order valence-electron chi connectivity index (χ3n) is 3.45. The predicted molar refractivity (Wildman–Crippen MR) is 68.9 cm³/mol. The van der Waals surface area contributed by atoms with Gasteiger partial charge in [-0.25, -0.2) is 0 Å². The number of rotatable bonds is 1. The van der Waals surface area contributed by atoms with Crippen molar-refractivity contribution < 1.29 is 0 Å². The van der Waals surface area contributed by atoms with Crippen LogP contribution < -0.4 is 5.32 Å². The SMILES string of the molecule is C/C=C1/C=C([C@H]2CC[C@H](C)CN2)C=CC1=N. The van der Waals surface area contributed by atoms with Gasteiger partial charge in [-0.05, 0) is 55.5 Å². The molecule has 1 saturated heterocycles. The maximum absolute atomic E-state index is 7.76. The second-order valence-electron chi connectivity index (χ2n) is 4.78. The molecule has 0 unspecified atom stereocenters. The van der Waals surface area contributed by atoms with Gasteiger partial charge in [-0.2, -0.15) is 0 Å². The zero-order valence-corrected chi connectivity index (χ0v) is 10.1. The van der Waals surface area contributed by atoms with Crippen molar-refractivity contribution in [3.63, 3.8) is 0 Å². The quantitative estimate of drug-likeness (QED) is 0.694. The highest BCUT2D eigenvalue weighted by Crippen LogP contribution is 2.23. The van der Waals surface area contributed by atoms with Crippen LogP contribution in [0.15, 0.2) is 35.5 Å². The third kappa shape index (κ3) is 2.33. The molecule has 0 aromatic heterocycles. The van der Waals surface area contributed by atoms with Gasteiger partial charge in [-0.1, -0.05) is 19.1 Å². The lowest BCUT2D eigenvalue weighted by molar-refractivity contribution is 0.356. The van der Waals surface area contributed by atoms with E-state index in [0.29, 0.717) is 11.8 Å². The molecule has 86 valence electrons. The minimum Gasteiger partial charge on any atom is -0.310 e. The average Bonchev–Trinajstić information content (AvgIpc) is 2.31. The van der Waals surface area contributed by atoms with Crippen LogP contribution >= 0.6 is 0 Å². The summed E-state index contributed by atoms with van der Waals surface area (Å²) in [5, 5.41) is 11.3. The van der Waals surface area contributed by atoms with E-state index in [0.717, 1.165) is 18.0 Å². The van der Waals surface area contributed by atoms with E-state index in [2.05, 4.69) is 24.4 Å². The van der Waals surface area contributed by atoms with Gasteiger partial charge in [-0.15, -0.1) is 0 Å². The maximum Gasteiger partial charge on any atom is 0.0609 e. The molecule has 0 saturated carbocycles. The number of hydrogen-bond donors (Lipinski definition) is 2. The Balaban J connectivity index is 2.11. The molecular weight excluding hydrogens is 196 g/mol. The maximum atomic E-state index is 7.76. The Labute approximate surface area is 97.6 Å². The minimum absolute atomic E-state index is 0.482. The summed E-state index contributed by atoms with van der Waals surface area (Å²) < 4.78 is 0. The second-order valence-corrected chi connectivity index (χ2v) is 4.78. The highest BCUT2D eigenvalue weighted by atomic mass is 14.9. The van der Waals surface area contributed by atoms with Crippen molar-refractivity contribution in [2.45, 2.75) is 32.7 Å². The first kappa shape index (κ1) is 11.3. The molecule has 0 spiro atoms. The summed E-state index contributed by atoms with van der Waals surface area (Å²) >= 11 is 0. The van der Waals surface area contributed by atoms with Gasteiger partial charge in [0.05, 0.1) is 5.71 Å². The van der Waals surface area contributed by atoms with Crippen LogP contribution in [-0.2, 0) is 0 Å². The van der Waals surface area contributed by atoms with Gasteiger partial charge in [0.25, 0.3) is 0 Å². The van der Waals surface area contributed by atoms with E-state index in [1.54, 1.807) is 0 Å². The van der Waals surface area contributed by atoms with Crippen molar-refractivity contribution >= 4 is 5.71 Å². The molecule has 0 aromatic carbocycles. The monoisotopic (exact) mass is 216 g/mol. The van der Waals surface area contributed by atoms with E-state index in [-0.39, 0.29) is 0 Å². The zero-order chi connectivity index (χ0) is 11.5. The van der Waals surface area contributed by atoms with Gasteiger partial charge in [-0.3, -0.25) is 0 Å². The molecule has 1 aliphatic heterocycles. The minimum atomic E-state index is 0.482. The third-order valence-corrected chi connectivity index (χ3v) is 3.45. The van der Waals surface area contributed by atoms with Gasteiger partial charge in [0.2, 0.25) is 0 Å². The Hall–Kier alpha value is -1.15. The summed E-state index contributed by atoms with van der Waals surface area (Å²) in [4.78, 5) is 0. The first-order valence-corrected chi connectivity index (χ1v) is 6.09. The van der Waals surface area contributed by atoms with E-state index in [1.165, 1.54) is 18.4 Å². The van der Waals surface area contributed by atoms with Crippen molar-refractivity contribution in [3.05, 3.63) is 35.5 Å². The van der Waals surface area contributed by atoms with Crippen LogP contribution in [0.1, 0.15) is 26.7 Å². The van der Waals surface area contributed by atoms with Crippen LogP contribution in [0.25, 0.3) is 0 Å². The molecule has 1 aliphatic carbocycles. The number of piperidine rings is 1. The van der Waals surface area contributed by atoms with Crippen molar-refractivity contribution in [3.8, 4) is 0 Å². The van der Waals surface area contributed by atoms with Crippen LogP contribution in [0.3, 0.4) is 0 Å². The van der Waals surface area contributed by atoms with Crippen molar-refractivity contribution in [1.29, 1.82) is 5.41 Å². The normalized spacial score (nSPS) is 33.0. The zero-order valence-electron chi connectivity index (χ0n) is 10.1. The predicted octanol–water partition coefficient (Wildman–Crippen LogP) is 2.84. The molecule has 0 bridgehead atoms. The largest absolute Gasteiger partial charge is 0.310 e. The number of allylic oxidation sites excluding steroid dienone is 4. The number of nitrogens with one attached hydrogen (secondary N) is 2. The van der Waals surface area contributed by atoms with E-state index < -0.39 is 0 Å². The van der Waals surface area contributed by atoms with Crippen molar-refractivity contribution in [1.82, 2.24) is 5.32 Å². The van der Waals surface area contributed by atoms with E-state index in [4.69, 9.17) is 5.41 Å². The van der Waals surface area contributed by atoms with Gasteiger partial charge in [0, 0.05) is 6.04 Å². The Morgan fingerprint density at radius 1 is 1.38 bits per heavy atom.